The number of amides is 2. The first-order valence-electron chi connectivity index (χ1n) is 17.2. The summed E-state index contributed by atoms with van der Waals surface area (Å²) in [5, 5.41) is 10.2. The molecule has 2 aromatic rings. The Balaban J connectivity index is 1.63. The maximum absolute atomic E-state index is 14.4. The van der Waals surface area contributed by atoms with Crippen LogP contribution >= 0.6 is 0 Å². The van der Waals surface area contributed by atoms with Crippen LogP contribution in [0.2, 0.25) is 0 Å². The lowest BCUT2D eigenvalue weighted by Gasteiger charge is -2.36. The number of fused-ring (bicyclic) bond motifs is 1. The number of carbonyl (C=O) groups is 2. The number of aliphatic hydroxyl groups excluding tert-OH is 1. The topological polar surface area (TPSA) is 135 Å². The molecule has 1 aliphatic carbocycles. The van der Waals surface area contributed by atoms with Gasteiger partial charge in [-0.15, -0.1) is 0 Å². The van der Waals surface area contributed by atoms with E-state index in [0.717, 1.165) is 44.9 Å². The quantitative estimate of drug-likeness (QED) is 0.362. The lowest BCUT2D eigenvalue weighted by Crippen LogP contribution is -2.48. The highest BCUT2D eigenvalue weighted by atomic mass is 32.2. The zero-order chi connectivity index (χ0) is 34.8. The Morgan fingerprint density at radius 1 is 1.06 bits per heavy atom. The first kappa shape index (κ1) is 37.5. The van der Waals surface area contributed by atoms with Gasteiger partial charge >= 0.3 is 0 Å². The van der Waals surface area contributed by atoms with Crippen molar-refractivity contribution in [3.63, 3.8) is 0 Å². The van der Waals surface area contributed by atoms with Crippen LogP contribution in [0, 0.1) is 11.8 Å². The van der Waals surface area contributed by atoms with Crippen molar-refractivity contribution in [1.29, 1.82) is 0 Å². The smallest absolute Gasteiger partial charge is 0.261 e. The molecule has 2 amide bonds. The van der Waals surface area contributed by atoms with Crippen LogP contribution in [0.5, 0.6) is 11.5 Å². The molecule has 4 atom stereocenters. The predicted molar refractivity (Wildman–Crippen MR) is 185 cm³/mol. The number of nitrogens with one attached hydrogen (secondary N) is 1. The van der Waals surface area contributed by atoms with E-state index in [1.165, 1.54) is 31.7 Å². The Bertz CT molecular complexity index is 1460. The van der Waals surface area contributed by atoms with E-state index in [9.17, 15) is 23.1 Å². The minimum atomic E-state index is -3.98. The van der Waals surface area contributed by atoms with Crippen molar-refractivity contribution in [2.75, 3.05) is 45.2 Å². The third kappa shape index (κ3) is 9.85. The number of rotatable bonds is 9. The molecule has 1 heterocycles. The summed E-state index contributed by atoms with van der Waals surface area (Å²) in [5.41, 5.74) is 0.382. The van der Waals surface area contributed by atoms with Gasteiger partial charge in [-0.2, -0.15) is 0 Å². The molecule has 2 aliphatic rings. The normalized spacial score (nSPS) is 22.5. The molecule has 1 aliphatic heterocycles. The Kier molecular flexibility index (Phi) is 13.5. The summed E-state index contributed by atoms with van der Waals surface area (Å²) in [6, 6.07) is 10.1. The molecular weight excluding hydrogens is 634 g/mol. The van der Waals surface area contributed by atoms with Crippen molar-refractivity contribution in [2.45, 2.75) is 95.3 Å². The van der Waals surface area contributed by atoms with E-state index in [1.807, 2.05) is 20.9 Å². The van der Waals surface area contributed by atoms with Crippen molar-refractivity contribution in [3.8, 4) is 11.5 Å². The van der Waals surface area contributed by atoms with Crippen molar-refractivity contribution < 1.29 is 37.3 Å². The predicted octanol–water partition coefficient (Wildman–Crippen LogP) is 5.33. The van der Waals surface area contributed by atoms with Crippen molar-refractivity contribution >= 4 is 27.5 Å². The van der Waals surface area contributed by atoms with Gasteiger partial charge in [-0.3, -0.25) is 14.3 Å². The van der Waals surface area contributed by atoms with Crippen LogP contribution in [0.4, 0.5) is 5.69 Å². The third-order valence-electron chi connectivity index (χ3n) is 9.46. The molecule has 11 nitrogen and oxygen atoms in total. The van der Waals surface area contributed by atoms with Crippen LogP contribution in [0.3, 0.4) is 0 Å². The highest BCUT2D eigenvalue weighted by Crippen LogP contribution is 2.30. The number of likely N-dealkylation sites (N-methyl/N-ethyl adjacent to an activating group) is 1. The molecule has 0 unspecified atom stereocenters. The van der Waals surface area contributed by atoms with E-state index in [-0.39, 0.29) is 59.2 Å². The SMILES string of the molecule is COc1ccc(S(=O)(=O)Nc2ccc3c(c2)C(=O)N([C@@H](C)CO)C[C@H](C)[C@@H](CN(C)C(=O)C2CCCCC2)OCCCC[C@H](C)O3)cc1. The molecule has 48 heavy (non-hydrogen) atoms. The Morgan fingerprint density at radius 3 is 2.42 bits per heavy atom. The van der Waals surface area contributed by atoms with Crippen LogP contribution in [0.1, 0.15) is 82.5 Å². The van der Waals surface area contributed by atoms with Gasteiger partial charge in [-0.05, 0) is 88.4 Å². The minimum absolute atomic E-state index is 0.0411. The highest BCUT2D eigenvalue weighted by Gasteiger charge is 2.32. The molecule has 0 radical (unpaired) electrons. The van der Waals surface area contributed by atoms with Gasteiger partial charge in [0.05, 0.1) is 42.4 Å². The fourth-order valence-corrected chi connectivity index (χ4v) is 7.49. The number of hydrogen-bond acceptors (Lipinski definition) is 8. The van der Waals surface area contributed by atoms with Crippen molar-refractivity contribution in [1.82, 2.24) is 9.80 Å². The number of hydrogen-bond donors (Lipinski definition) is 2. The molecule has 4 rings (SSSR count). The molecule has 2 N–H and O–H groups in total. The molecule has 12 heteroatoms. The van der Waals surface area contributed by atoms with E-state index in [4.69, 9.17) is 14.2 Å². The number of carbonyl (C=O) groups excluding carboxylic acids is 2. The molecule has 2 aromatic carbocycles. The molecular formula is C36H53N3O8S. The number of methoxy groups -OCH3 is 1. The van der Waals surface area contributed by atoms with Gasteiger partial charge in [-0.25, -0.2) is 8.42 Å². The molecule has 0 saturated heterocycles. The average Bonchev–Trinajstić information content (AvgIpc) is 3.09. The Labute approximate surface area is 286 Å². The van der Waals surface area contributed by atoms with Crippen LogP contribution in [0.25, 0.3) is 0 Å². The number of aliphatic hydroxyl groups is 1. The van der Waals surface area contributed by atoms with Gasteiger partial charge in [0.15, 0.2) is 0 Å². The number of nitrogens with zero attached hydrogens (tertiary/aromatic N) is 2. The van der Waals surface area contributed by atoms with Crippen LogP contribution in [0.15, 0.2) is 47.4 Å². The molecule has 0 spiro atoms. The summed E-state index contributed by atoms with van der Waals surface area (Å²) in [7, 11) is -0.642. The van der Waals surface area contributed by atoms with E-state index < -0.39 is 22.0 Å². The van der Waals surface area contributed by atoms with E-state index >= 15 is 0 Å². The summed E-state index contributed by atoms with van der Waals surface area (Å²) in [5.74, 6) is 0.460. The number of benzene rings is 2. The first-order chi connectivity index (χ1) is 22.9. The second-order valence-corrected chi connectivity index (χ2v) is 15.0. The molecule has 0 aromatic heterocycles. The van der Waals surface area contributed by atoms with Gasteiger partial charge in [0.1, 0.15) is 11.5 Å². The second-order valence-electron chi connectivity index (χ2n) is 13.3. The van der Waals surface area contributed by atoms with Crippen molar-refractivity contribution in [2.24, 2.45) is 11.8 Å². The van der Waals surface area contributed by atoms with Crippen LogP contribution < -0.4 is 14.2 Å². The summed E-state index contributed by atoms with van der Waals surface area (Å²) in [6.07, 6.45) is 6.97. The zero-order valence-corrected chi connectivity index (χ0v) is 29.8. The highest BCUT2D eigenvalue weighted by molar-refractivity contribution is 7.92. The fraction of sp³-hybridized carbons (Fsp3) is 0.611. The summed E-state index contributed by atoms with van der Waals surface area (Å²) in [6.45, 7) is 6.59. The number of anilines is 1. The fourth-order valence-electron chi connectivity index (χ4n) is 6.44. The van der Waals surface area contributed by atoms with Gasteiger partial charge in [0.2, 0.25) is 5.91 Å². The maximum atomic E-state index is 14.4. The standard InChI is InChI=1S/C36H53N3O8S/c1-25-22-39(26(2)24-40)36(42)32-21-29(37-48(43,44)31-17-15-30(45-5)16-18-31)14-19-33(32)47-27(3)11-9-10-20-46-34(25)23-38(4)35(41)28-12-7-6-8-13-28/h14-19,21,25-28,34,37,40H,6-13,20,22-24H2,1-5H3/t25-,26-,27-,34+/m0/s1. The molecule has 1 fully saturated rings. The van der Waals surface area contributed by atoms with Gasteiger partial charge in [0, 0.05) is 44.3 Å². The minimum Gasteiger partial charge on any atom is -0.497 e. The van der Waals surface area contributed by atoms with Crippen LogP contribution in [-0.4, -0.2) is 93.8 Å². The van der Waals surface area contributed by atoms with E-state index in [0.29, 0.717) is 24.7 Å². The Morgan fingerprint density at radius 2 is 1.75 bits per heavy atom. The summed E-state index contributed by atoms with van der Waals surface area (Å²) < 4.78 is 46.9. The van der Waals surface area contributed by atoms with E-state index in [1.54, 1.807) is 41.0 Å². The average molecular weight is 688 g/mol. The molecule has 0 bridgehead atoms. The molecule has 1 saturated carbocycles. The second kappa shape index (κ2) is 17.3. The largest absolute Gasteiger partial charge is 0.497 e. The third-order valence-corrected chi connectivity index (χ3v) is 10.9. The maximum Gasteiger partial charge on any atom is 0.261 e. The van der Waals surface area contributed by atoms with Crippen molar-refractivity contribution in [3.05, 3.63) is 48.0 Å². The number of sulfonamides is 1. The van der Waals surface area contributed by atoms with Crippen LogP contribution in [-0.2, 0) is 19.6 Å². The Hall–Kier alpha value is -3.35. The first-order valence-corrected chi connectivity index (χ1v) is 18.7. The van der Waals surface area contributed by atoms with Gasteiger partial charge in [-0.1, -0.05) is 26.2 Å². The summed E-state index contributed by atoms with van der Waals surface area (Å²) in [4.78, 5) is 31.2. The zero-order valence-electron chi connectivity index (χ0n) is 29.0. The van der Waals surface area contributed by atoms with E-state index in [2.05, 4.69) is 4.72 Å². The molecule has 266 valence electrons. The monoisotopic (exact) mass is 687 g/mol. The lowest BCUT2D eigenvalue weighted by molar-refractivity contribution is -0.137. The van der Waals surface area contributed by atoms with Gasteiger partial charge in [0.25, 0.3) is 15.9 Å². The number of ether oxygens (including phenoxy) is 3. The van der Waals surface area contributed by atoms with Gasteiger partial charge < -0.3 is 29.1 Å². The summed E-state index contributed by atoms with van der Waals surface area (Å²) >= 11 is 0. The lowest BCUT2D eigenvalue weighted by atomic mass is 9.88.